The fourth-order valence-electron chi connectivity index (χ4n) is 1.25. The highest BCUT2D eigenvalue weighted by atomic mass is 35.5. The first-order chi connectivity index (χ1) is 7.78. The summed E-state index contributed by atoms with van der Waals surface area (Å²) in [6.07, 6.45) is 2.28. The molecule has 1 saturated carbocycles. The number of nitrogens with one attached hydrogen (secondary N) is 1. The van der Waals surface area contributed by atoms with E-state index >= 15 is 0 Å². The van der Waals surface area contributed by atoms with E-state index in [9.17, 15) is 0 Å². The number of halogens is 1. The minimum absolute atomic E-state index is 0.341. The molecule has 0 bridgehead atoms. The van der Waals surface area contributed by atoms with Crippen molar-refractivity contribution in [1.82, 2.24) is 5.43 Å². The van der Waals surface area contributed by atoms with Crippen LogP contribution < -0.4 is 16.0 Å². The Hall–Kier alpha value is -1.26. The molecule has 0 heterocycles. The Bertz CT molecular complexity index is 391. The van der Waals surface area contributed by atoms with Crippen LogP contribution in [0.5, 0.6) is 5.75 Å². The smallest absolute Gasteiger partial charge is 0.149 e. The standard InChI is InChI=1S/C11H14ClN3O/c12-8-2-1-3-10(6-8)16-7-11(15-13)14-9-4-5-9/h1-3,6,9H,4-5,7,13H2,(H,14,15). The highest BCUT2D eigenvalue weighted by Crippen LogP contribution is 2.23. The lowest BCUT2D eigenvalue weighted by Crippen LogP contribution is -2.35. The van der Waals surface area contributed by atoms with Crippen molar-refractivity contribution >= 4 is 17.4 Å². The number of hydrazine groups is 1. The second kappa shape index (κ2) is 5.18. The van der Waals surface area contributed by atoms with E-state index in [0.29, 0.717) is 29.3 Å². The van der Waals surface area contributed by atoms with Crippen LogP contribution in [0.3, 0.4) is 0 Å². The fraction of sp³-hybridized carbons (Fsp3) is 0.364. The van der Waals surface area contributed by atoms with Crippen molar-refractivity contribution < 1.29 is 4.74 Å². The van der Waals surface area contributed by atoms with E-state index in [4.69, 9.17) is 22.2 Å². The van der Waals surface area contributed by atoms with Gasteiger partial charge in [-0.15, -0.1) is 0 Å². The normalized spacial score (nSPS) is 16.0. The van der Waals surface area contributed by atoms with Gasteiger partial charge in [0.25, 0.3) is 0 Å². The van der Waals surface area contributed by atoms with Crippen LogP contribution in [-0.4, -0.2) is 18.5 Å². The molecule has 0 aliphatic heterocycles. The van der Waals surface area contributed by atoms with Gasteiger partial charge in [-0.25, -0.2) is 5.84 Å². The third kappa shape index (κ3) is 3.40. The molecule has 0 atom stereocenters. The van der Waals surface area contributed by atoms with Gasteiger partial charge in [0.2, 0.25) is 0 Å². The third-order valence-corrected chi connectivity index (χ3v) is 2.46. The number of nitrogens with zero attached hydrogens (tertiary/aromatic N) is 1. The SMILES string of the molecule is NNC(COc1cccc(Cl)c1)=NC1CC1. The van der Waals surface area contributed by atoms with Gasteiger partial charge in [0.15, 0.2) is 0 Å². The van der Waals surface area contributed by atoms with Crippen LogP contribution in [0.15, 0.2) is 29.3 Å². The molecule has 0 aromatic heterocycles. The molecule has 2 rings (SSSR count). The molecule has 1 aromatic rings. The maximum absolute atomic E-state index is 5.84. The van der Waals surface area contributed by atoms with Crippen LogP contribution in [0.2, 0.25) is 5.02 Å². The quantitative estimate of drug-likeness (QED) is 0.364. The maximum atomic E-state index is 5.84. The van der Waals surface area contributed by atoms with Gasteiger partial charge in [-0.3, -0.25) is 4.99 Å². The molecule has 0 spiro atoms. The van der Waals surface area contributed by atoms with Crippen molar-refractivity contribution in [2.24, 2.45) is 10.8 Å². The molecule has 1 fully saturated rings. The minimum Gasteiger partial charge on any atom is -0.486 e. The molecule has 0 saturated heterocycles. The molecule has 0 unspecified atom stereocenters. The molecule has 5 heteroatoms. The Morgan fingerprint density at radius 1 is 1.56 bits per heavy atom. The van der Waals surface area contributed by atoms with Gasteiger partial charge in [0.05, 0.1) is 6.04 Å². The predicted molar refractivity (Wildman–Crippen MR) is 64.7 cm³/mol. The molecular formula is C11H14ClN3O. The number of rotatable bonds is 4. The number of nitrogens with two attached hydrogens (primary N) is 1. The number of amidine groups is 1. The largest absolute Gasteiger partial charge is 0.486 e. The molecule has 0 amide bonds. The molecule has 1 aliphatic carbocycles. The lowest BCUT2D eigenvalue weighted by molar-refractivity contribution is 0.371. The summed E-state index contributed by atoms with van der Waals surface area (Å²) in [6, 6.07) is 7.67. The van der Waals surface area contributed by atoms with Crippen LogP contribution in [-0.2, 0) is 0 Å². The Morgan fingerprint density at radius 3 is 3.00 bits per heavy atom. The highest BCUT2D eigenvalue weighted by molar-refractivity contribution is 6.30. The molecular weight excluding hydrogens is 226 g/mol. The molecule has 86 valence electrons. The lowest BCUT2D eigenvalue weighted by Gasteiger charge is -2.08. The van der Waals surface area contributed by atoms with Crippen molar-refractivity contribution in [2.45, 2.75) is 18.9 Å². The van der Waals surface area contributed by atoms with Crippen molar-refractivity contribution in [3.63, 3.8) is 0 Å². The summed E-state index contributed by atoms with van der Waals surface area (Å²) in [7, 11) is 0. The first-order valence-electron chi connectivity index (χ1n) is 5.19. The van der Waals surface area contributed by atoms with Gasteiger partial charge in [-0.05, 0) is 31.0 Å². The molecule has 4 nitrogen and oxygen atoms in total. The molecule has 0 radical (unpaired) electrons. The zero-order valence-corrected chi connectivity index (χ0v) is 9.57. The third-order valence-electron chi connectivity index (χ3n) is 2.22. The average molecular weight is 240 g/mol. The van der Waals surface area contributed by atoms with Crippen LogP contribution in [0.4, 0.5) is 0 Å². The number of aliphatic imine (C=N–C) groups is 1. The Morgan fingerprint density at radius 2 is 2.38 bits per heavy atom. The summed E-state index contributed by atoms with van der Waals surface area (Å²) < 4.78 is 5.51. The summed E-state index contributed by atoms with van der Waals surface area (Å²) in [6.45, 7) is 0.341. The first kappa shape index (κ1) is 11.2. The second-order valence-electron chi connectivity index (χ2n) is 3.70. The van der Waals surface area contributed by atoms with E-state index in [1.54, 1.807) is 12.1 Å². The summed E-state index contributed by atoms with van der Waals surface area (Å²) in [4.78, 5) is 4.37. The predicted octanol–water partition coefficient (Wildman–Crippen LogP) is 1.74. The van der Waals surface area contributed by atoms with Gasteiger partial charge in [0.1, 0.15) is 18.2 Å². The van der Waals surface area contributed by atoms with Gasteiger partial charge in [0, 0.05) is 5.02 Å². The topological polar surface area (TPSA) is 59.6 Å². The van der Waals surface area contributed by atoms with Crippen molar-refractivity contribution in [1.29, 1.82) is 0 Å². The summed E-state index contributed by atoms with van der Waals surface area (Å²) in [5, 5.41) is 0.652. The second-order valence-corrected chi connectivity index (χ2v) is 4.13. The zero-order valence-electron chi connectivity index (χ0n) is 8.82. The van der Waals surface area contributed by atoms with Crippen molar-refractivity contribution in [2.75, 3.05) is 6.61 Å². The summed E-state index contributed by atoms with van der Waals surface area (Å²) >= 11 is 5.84. The van der Waals surface area contributed by atoms with E-state index < -0.39 is 0 Å². The Labute approximate surface area is 99.4 Å². The Balaban J connectivity index is 1.90. The van der Waals surface area contributed by atoms with Gasteiger partial charge in [-0.2, -0.15) is 0 Å². The van der Waals surface area contributed by atoms with Gasteiger partial charge < -0.3 is 10.2 Å². The van der Waals surface area contributed by atoms with Crippen LogP contribution in [0.1, 0.15) is 12.8 Å². The molecule has 1 aromatic carbocycles. The van der Waals surface area contributed by atoms with Crippen LogP contribution >= 0.6 is 11.6 Å². The monoisotopic (exact) mass is 239 g/mol. The van der Waals surface area contributed by atoms with Crippen LogP contribution in [0, 0.1) is 0 Å². The summed E-state index contributed by atoms with van der Waals surface area (Å²) in [5.74, 6) is 6.74. The van der Waals surface area contributed by atoms with Gasteiger partial charge in [-0.1, -0.05) is 17.7 Å². The van der Waals surface area contributed by atoms with Crippen molar-refractivity contribution in [3.8, 4) is 5.75 Å². The Kier molecular flexibility index (Phi) is 3.64. The fourth-order valence-corrected chi connectivity index (χ4v) is 1.43. The maximum Gasteiger partial charge on any atom is 0.149 e. The molecule has 1 aliphatic rings. The zero-order chi connectivity index (χ0) is 11.4. The number of hydrogen-bond donors (Lipinski definition) is 2. The van der Waals surface area contributed by atoms with E-state index in [1.165, 1.54) is 0 Å². The lowest BCUT2D eigenvalue weighted by atomic mass is 10.3. The van der Waals surface area contributed by atoms with Crippen LogP contribution in [0.25, 0.3) is 0 Å². The van der Waals surface area contributed by atoms with E-state index in [0.717, 1.165) is 12.8 Å². The first-order valence-corrected chi connectivity index (χ1v) is 5.57. The number of ether oxygens (including phenoxy) is 1. The number of benzene rings is 1. The minimum atomic E-state index is 0.341. The number of hydrogen-bond acceptors (Lipinski definition) is 3. The van der Waals surface area contributed by atoms with E-state index in [1.807, 2.05) is 12.1 Å². The highest BCUT2D eigenvalue weighted by Gasteiger charge is 2.20. The summed E-state index contributed by atoms with van der Waals surface area (Å²) in [5.41, 5.74) is 2.55. The van der Waals surface area contributed by atoms with E-state index in [-0.39, 0.29) is 0 Å². The van der Waals surface area contributed by atoms with E-state index in [2.05, 4.69) is 10.4 Å². The average Bonchev–Trinajstić information content (AvgIpc) is 3.08. The van der Waals surface area contributed by atoms with Gasteiger partial charge >= 0.3 is 0 Å². The molecule has 3 N–H and O–H groups in total. The van der Waals surface area contributed by atoms with Crippen molar-refractivity contribution in [3.05, 3.63) is 29.3 Å². The molecule has 16 heavy (non-hydrogen) atoms.